The van der Waals surface area contributed by atoms with Gasteiger partial charge in [-0.3, -0.25) is 5.32 Å². The fraction of sp³-hybridized carbons (Fsp3) is 0.125. The van der Waals surface area contributed by atoms with Gasteiger partial charge in [-0.1, -0.05) is 11.8 Å². The van der Waals surface area contributed by atoms with Crippen LogP contribution >= 0.6 is 34.4 Å². The molecule has 0 fully saturated rings. The van der Waals surface area contributed by atoms with Crippen molar-refractivity contribution >= 4 is 45.2 Å². The Morgan fingerprint density at radius 2 is 1.85 bits per heavy atom. The van der Waals surface area contributed by atoms with E-state index in [9.17, 15) is 22.0 Å². The predicted octanol–water partition coefficient (Wildman–Crippen LogP) is 5.80. The van der Waals surface area contributed by atoms with E-state index in [1.165, 1.54) is 12.1 Å². The summed E-state index contributed by atoms with van der Waals surface area (Å²) in [4.78, 5) is 4.11. The van der Waals surface area contributed by atoms with Gasteiger partial charge in [-0.2, -0.15) is 18.4 Å². The van der Waals surface area contributed by atoms with E-state index in [2.05, 4.69) is 10.3 Å². The number of nitriles is 1. The van der Waals surface area contributed by atoms with Gasteiger partial charge in [0.25, 0.3) is 0 Å². The van der Waals surface area contributed by atoms with Crippen molar-refractivity contribution in [1.82, 2.24) is 5.32 Å². The highest BCUT2D eigenvalue weighted by Crippen LogP contribution is 2.38. The van der Waals surface area contributed by atoms with Crippen LogP contribution in [0, 0.1) is 26.7 Å². The number of benzene rings is 2. The quantitative estimate of drug-likeness (QED) is 0.141. The van der Waals surface area contributed by atoms with E-state index in [-0.39, 0.29) is 28.7 Å². The zero-order valence-electron chi connectivity index (χ0n) is 13.4. The van der Waals surface area contributed by atoms with Gasteiger partial charge in [0.05, 0.1) is 5.56 Å². The van der Waals surface area contributed by atoms with Crippen LogP contribution < -0.4 is 10.1 Å². The third-order valence-electron chi connectivity index (χ3n) is 3.04. The first-order chi connectivity index (χ1) is 12.7. The average molecular weight is 513 g/mol. The van der Waals surface area contributed by atoms with Crippen LogP contribution in [0.2, 0.25) is 0 Å². The summed E-state index contributed by atoms with van der Waals surface area (Å²) in [7, 11) is 0. The molecule has 0 amide bonds. The molecule has 0 atom stereocenters. The summed E-state index contributed by atoms with van der Waals surface area (Å²) < 4.78 is 71.9. The second-order valence-electron chi connectivity index (χ2n) is 4.84. The molecule has 27 heavy (non-hydrogen) atoms. The van der Waals surface area contributed by atoms with Crippen LogP contribution in [0.3, 0.4) is 0 Å². The normalized spacial score (nSPS) is 11.9. The van der Waals surface area contributed by atoms with Crippen LogP contribution in [-0.2, 0) is 6.18 Å². The summed E-state index contributed by atoms with van der Waals surface area (Å²) in [6.07, 6.45) is -1.56. The Kier molecular flexibility index (Phi) is 6.88. The van der Waals surface area contributed by atoms with Gasteiger partial charge >= 0.3 is 6.18 Å². The molecule has 0 radical (unpaired) electrons. The summed E-state index contributed by atoms with van der Waals surface area (Å²) in [5.74, 6) is -4.08. The van der Waals surface area contributed by atoms with E-state index >= 15 is 0 Å². The Bertz CT molecular complexity index is 904. The van der Waals surface area contributed by atoms with Crippen LogP contribution in [-0.4, -0.2) is 11.4 Å². The maximum absolute atomic E-state index is 14.0. The van der Waals surface area contributed by atoms with Gasteiger partial charge in [-0.05, 0) is 59.2 Å². The van der Waals surface area contributed by atoms with Crippen LogP contribution in [0.4, 0.5) is 27.6 Å². The third-order valence-corrected chi connectivity index (χ3v) is 4.29. The molecule has 0 spiro atoms. The number of ether oxygens (including phenoxy) is 1. The largest absolute Gasteiger partial charge is 0.449 e. The summed E-state index contributed by atoms with van der Waals surface area (Å²) in [6, 6.07) is 4.82. The van der Waals surface area contributed by atoms with Crippen molar-refractivity contribution < 1.29 is 26.7 Å². The fourth-order valence-corrected chi connectivity index (χ4v) is 2.67. The van der Waals surface area contributed by atoms with Crippen molar-refractivity contribution in [2.24, 2.45) is 4.99 Å². The van der Waals surface area contributed by atoms with Gasteiger partial charge < -0.3 is 4.74 Å². The molecule has 4 nitrogen and oxygen atoms in total. The fourth-order valence-electron chi connectivity index (χ4n) is 1.87. The molecule has 2 aromatic carbocycles. The molecule has 11 heteroatoms. The number of thioether (sulfide) groups is 1. The molecule has 2 rings (SSSR count). The van der Waals surface area contributed by atoms with Gasteiger partial charge in [0, 0.05) is 3.57 Å². The van der Waals surface area contributed by atoms with Crippen molar-refractivity contribution in [3.63, 3.8) is 0 Å². The van der Waals surface area contributed by atoms with Crippen molar-refractivity contribution in [2.75, 3.05) is 6.26 Å². The molecule has 0 aliphatic carbocycles. The Hall–Kier alpha value is -2.07. The first kappa shape index (κ1) is 21.2. The number of amidine groups is 1. The van der Waals surface area contributed by atoms with Crippen molar-refractivity contribution in [1.29, 1.82) is 5.26 Å². The minimum atomic E-state index is -4.89. The van der Waals surface area contributed by atoms with E-state index in [0.29, 0.717) is 3.57 Å². The zero-order valence-corrected chi connectivity index (χ0v) is 16.3. The molecule has 2 aromatic rings. The van der Waals surface area contributed by atoms with Crippen LogP contribution in [0.15, 0.2) is 35.3 Å². The number of hydrogen-bond donors (Lipinski definition) is 1. The van der Waals surface area contributed by atoms with Crippen LogP contribution in [0.5, 0.6) is 11.5 Å². The number of rotatable bonds is 3. The summed E-state index contributed by atoms with van der Waals surface area (Å²) >= 11 is 3.03. The molecular formula is C16H9F5IN3OS. The summed E-state index contributed by atoms with van der Waals surface area (Å²) in [5.41, 5.74) is -1.34. The smallest absolute Gasteiger partial charge is 0.416 e. The second kappa shape index (κ2) is 8.75. The van der Waals surface area contributed by atoms with E-state index in [1.807, 2.05) is 22.6 Å². The van der Waals surface area contributed by atoms with Gasteiger partial charge in [-0.15, -0.1) is 0 Å². The number of nitrogens with zero attached hydrogens (tertiary/aromatic N) is 2. The molecule has 0 aliphatic heterocycles. The van der Waals surface area contributed by atoms with Gasteiger partial charge in [-0.25, -0.2) is 13.8 Å². The predicted molar refractivity (Wildman–Crippen MR) is 100.0 cm³/mol. The van der Waals surface area contributed by atoms with Gasteiger partial charge in [0.15, 0.2) is 34.5 Å². The molecule has 1 N–H and O–H groups in total. The maximum atomic E-state index is 14.0. The average Bonchev–Trinajstić information content (AvgIpc) is 2.58. The highest BCUT2D eigenvalue weighted by Gasteiger charge is 2.33. The lowest BCUT2D eigenvalue weighted by molar-refractivity contribution is -0.138. The second-order valence-corrected chi connectivity index (χ2v) is 6.88. The Balaban J connectivity index is 2.49. The lowest BCUT2D eigenvalue weighted by Gasteiger charge is -2.13. The first-order valence-electron chi connectivity index (χ1n) is 6.97. The number of nitrogens with one attached hydrogen (secondary N) is 1. The molecule has 0 saturated heterocycles. The topological polar surface area (TPSA) is 57.4 Å². The monoisotopic (exact) mass is 513 g/mol. The molecule has 0 heterocycles. The molecule has 0 bridgehead atoms. The first-order valence-corrected chi connectivity index (χ1v) is 9.27. The van der Waals surface area contributed by atoms with E-state index in [1.54, 1.807) is 18.5 Å². The SMILES string of the molecule is CSC(=Nc1ccc(I)cc1Oc1c(F)cc(C(F)(F)F)cc1F)NC#N. The Morgan fingerprint density at radius 1 is 1.22 bits per heavy atom. The molecule has 0 aliphatic rings. The molecule has 0 saturated carbocycles. The van der Waals surface area contributed by atoms with Crippen molar-refractivity contribution in [2.45, 2.75) is 6.18 Å². The van der Waals surface area contributed by atoms with E-state index in [0.717, 1.165) is 11.8 Å². The lowest BCUT2D eigenvalue weighted by Crippen LogP contribution is -2.12. The number of aliphatic imine (C=N–C) groups is 1. The molecule has 0 aromatic heterocycles. The highest BCUT2D eigenvalue weighted by molar-refractivity contribution is 14.1. The van der Waals surface area contributed by atoms with E-state index < -0.39 is 29.1 Å². The minimum Gasteiger partial charge on any atom is -0.449 e. The molecule has 0 unspecified atom stereocenters. The minimum absolute atomic E-state index is 0.0919. The molecular weight excluding hydrogens is 504 g/mol. The lowest BCUT2D eigenvalue weighted by atomic mass is 10.2. The van der Waals surface area contributed by atoms with Crippen LogP contribution in [0.25, 0.3) is 0 Å². The number of halogens is 6. The Labute approximate surface area is 168 Å². The highest BCUT2D eigenvalue weighted by atomic mass is 127. The van der Waals surface area contributed by atoms with Crippen molar-refractivity contribution in [3.05, 3.63) is 51.1 Å². The summed E-state index contributed by atoms with van der Waals surface area (Å²) in [5, 5.41) is 11.2. The third kappa shape index (κ3) is 5.46. The van der Waals surface area contributed by atoms with Gasteiger partial charge in [0.1, 0.15) is 5.69 Å². The zero-order chi connectivity index (χ0) is 20.2. The number of hydrogen-bond acceptors (Lipinski definition) is 4. The van der Waals surface area contributed by atoms with E-state index in [4.69, 9.17) is 10.00 Å². The maximum Gasteiger partial charge on any atom is 0.416 e. The van der Waals surface area contributed by atoms with Crippen LogP contribution in [0.1, 0.15) is 5.56 Å². The summed E-state index contributed by atoms with van der Waals surface area (Å²) in [6.45, 7) is 0. The Morgan fingerprint density at radius 3 is 2.37 bits per heavy atom. The molecule has 142 valence electrons. The van der Waals surface area contributed by atoms with Crippen molar-refractivity contribution in [3.8, 4) is 17.7 Å². The van der Waals surface area contributed by atoms with Gasteiger partial charge in [0.2, 0.25) is 0 Å². The standard InChI is InChI=1S/C16H9F5IN3OS/c1-27-15(24-7-23)25-12-3-2-9(22)6-13(12)26-14-10(17)4-8(5-11(14)18)16(19,20)21/h2-6H,1H3,(H,24,25). The number of alkyl halides is 3.